The molecule has 5 nitrogen and oxygen atoms in total. The van der Waals surface area contributed by atoms with Crippen LogP contribution >= 0.6 is 11.8 Å². The fraction of sp³-hybridized carbons (Fsp3) is 0.600. The Labute approximate surface area is 98.0 Å². The van der Waals surface area contributed by atoms with Gasteiger partial charge >= 0.3 is 0 Å². The zero-order chi connectivity index (χ0) is 11.0. The van der Waals surface area contributed by atoms with Crippen LogP contribution in [0.15, 0.2) is 11.1 Å². The maximum absolute atomic E-state index is 11.7. The third kappa shape index (κ3) is 1.72. The van der Waals surface area contributed by atoms with Gasteiger partial charge < -0.3 is 5.32 Å². The maximum Gasteiger partial charge on any atom is 0.243 e. The summed E-state index contributed by atoms with van der Waals surface area (Å²) in [5.74, 6) is 1.18. The number of carbonyl (C=O) groups is 1. The molecule has 2 aliphatic rings. The van der Waals surface area contributed by atoms with E-state index in [1.165, 1.54) is 5.03 Å². The lowest BCUT2D eigenvalue weighted by Crippen LogP contribution is -2.47. The van der Waals surface area contributed by atoms with Crippen LogP contribution in [0.5, 0.6) is 0 Å². The van der Waals surface area contributed by atoms with Crippen molar-refractivity contribution >= 4 is 17.7 Å². The van der Waals surface area contributed by atoms with Gasteiger partial charge in [-0.3, -0.25) is 14.8 Å². The monoisotopic (exact) mass is 238 g/mol. The van der Waals surface area contributed by atoms with Crippen LogP contribution in [-0.4, -0.2) is 34.5 Å². The van der Waals surface area contributed by atoms with Crippen LogP contribution in [0.3, 0.4) is 0 Å². The van der Waals surface area contributed by atoms with Gasteiger partial charge in [-0.1, -0.05) is 0 Å². The maximum atomic E-state index is 11.7. The predicted molar refractivity (Wildman–Crippen MR) is 61.3 cm³/mol. The van der Waals surface area contributed by atoms with Gasteiger partial charge in [-0.15, -0.1) is 11.8 Å². The Morgan fingerprint density at radius 2 is 2.44 bits per heavy atom. The molecule has 3 rings (SSSR count). The third-order valence-electron chi connectivity index (χ3n) is 2.86. The highest BCUT2D eigenvalue weighted by Crippen LogP contribution is 2.27. The molecule has 1 unspecified atom stereocenters. The molecule has 0 spiro atoms. The van der Waals surface area contributed by atoms with E-state index in [9.17, 15) is 4.79 Å². The largest absolute Gasteiger partial charge is 0.353 e. The number of piperazine rings is 1. The highest BCUT2D eigenvalue weighted by molar-refractivity contribution is 7.99. The molecular weight excluding hydrogens is 224 g/mol. The molecule has 2 aliphatic heterocycles. The van der Waals surface area contributed by atoms with Crippen LogP contribution in [0.2, 0.25) is 0 Å². The van der Waals surface area contributed by atoms with Gasteiger partial charge in [0.1, 0.15) is 6.04 Å². The summed E-state index contributed by atoms with van der Waals surface area (Å²) in [6.45, 7) is 2.49. The van der Waals surface area contributed by atoms with E-state index in [-0.39, 0.29) is 11.9 Å². The number of nitrogens with zero attached hydrogens (tertiary/aromatic N) is 2. The molecule has 0 bridgehead atoms. The normalized spacial score (nSPS) is 25.0. The molecule has 1 saturated heterocycles. The molecule has 0 radical (unpaired) electrons. The van der Waals surface area contributed by atoms with Crippen molar-refractivity contribution in [3.63, 3.8) is 0 Å². The van der Waals surface area contributed by atoms with Gasteiger partial charge in [0.05, 0.1) is 10.7 Å². The number of rotatable bonds is 1. The van der Waals surface area contributed by atoms with E-state index < -0.39 is 0 Å². The molecule has 1 aromatic rings. The van der Waals surface area contributed by atoms with Gasteiger partial charge in [0.2, 0.25) is 5.91 Å². The molecule has 1 atom stereocenters. The summed E-state index contributed by atoms with van der Waals surface area (Å²) in [7, 11) is 0. The van der Waals surface area contributed by atoms with Crippen molar-refractivity contribution in [2.75, 3.05) is 18.8 Å². The lowest BCUT2D eigenvalue weighted by Gasteiger charge is -2.21. The second kappa shape index (κ2) is 4.10. The van der Waals surface area contributed by atoms with E-state index in [1.54, 1.807) is 0 Å². The Bertz CT molecular complexity index is 393. The summed E-state index contributed by atoms with van der Waals surface area (Å²) in [6.07, 6.45) is 1.16. The lowest BCUT2D eigenvalue weighted by molar-refractivity contribution is -0.124. The van der Waals surface area contributed by atoms with E-state index in [0.29, 0.717) is 6.54 Å². The molecular formula is C10H14N4OS. The Kier molecular flexibility index (Phi) is 2.61. The van der Waals surface area contributed by atoms with Crippen LogP contribution in [0.1, 0.15) is 18.2 Å². The van der Waals surface area contributed by atoms with Crippen LogP contribution in [0.25, 0.3) is 0 Å². The molecule has 86 valence electrons. The average molecular weight is 238 g/mol. The van der Waals surface area contributed by atoms with Crippen molar-refractivity contribution in [3.05, 3.63) is 11.8 Å². The minimum absolute atomic E-state index is 0.0340. The number of carbonyl (C=O) groups excluding carboxylic acids is 1. The molecule has 2 N–H and O–H groups in total. The fourth-order valence-corrected chi connectivity index (χ4v) is 3.03. The first-order chi connectivity index (χ1) is 7.84. The number of fused-ring (bicyclic) bond motifs is 1. The molecule has 3 heterocycles. The van der Waals surface area contributed by atoms with Crippen molar-refractivity contribution in [2.24, 2.45) is 0 Å². The number of amides is 1. The Morgan fingerprint density at radius 3 is 3.25 bits per heavy atom. The summed E-state index contributed by atoms with van der Waals surface area (Å²) in [5.41, 5.74) is 0.849. The number of thioether (sulfide) groups is 1. The summed E-state index contributed by atoms with van der Waals surface area (Å²) < 4.78 is 2.01. The molecule has 1 aromatic heterocycles. The molecule has 0 saturated carbocycles. The van der Waals surface area contributed by atoms with Crippen LogP contribution in [0, 0.1) is 0 Å². The minimum Gasteiger partial charge on any atom is -0.353 e. The summed E-state index contributed by atoms with van der Waals surface area (Å²) in [5, 5.41) is 11.7. The predicted octanol–water partition coefficient (Wildman–Crippen LogP) is 0.139. The molecule has 6 heteroatoms. The number of aryl methyl sites for hydroxylation is 1. The molecule has 0 aliphatic carbocycles. The smallest absolute Gasteiger partial charge is 0.243 e. The van der Waals surface area contributed by atoms with Gasteiger partial charge in [0.15, 0.2) is 0 Å². The first-order valence-corrected chi connectivity index (χ1v) is 6.55. The fourth-order valence-electron chi connectivity index (χ4n) is 2.06. The zero-order valence-corrected chi connectivity index (χ0v) is 9.72. The SMILES string of the molecule is O=C1NCCNC1c1cc2n(n1)CCCS2. The van der Waals surface area contributed by atoms with Gasteiger partial charge in [0.25, 0.3) is 0 Å². The summed E-state index contributed by atoms with van der Waals surface area (Å²) >= 11 is 1.82. The molecule has 1 fully saturated rings. The number of hydrogen-bond donors (Lipinski definition) is 2. The van der Waals surface area contributed by atoms with Crippen molar-refractivity contribution in [1.29, 1.82) is 0 Å². The van der Waals surface area contributed by atoms with Crippen molar-refractivity contribution in [3.8, 4) is 0 Å². The molecule has 16 heavy (non-hydrogen) atoms. The zero-order valence-electron chi connectivity index (χ0n) is 8.90. The van der Waals surface area contributed by atoms with E-state index >= 15 is 0 Å². The highest BCUT2D eigenvalue weighted by Gasteiger charge is 2.27. The van der Waals surface area contributed by atoms with E-state index in [0.717, 1.165) is 31.0 Å². The number of hydrogen-bond acceptors (Lipinski definition) is 4. The van der Waals surface area contributed by atoms with Crippen LogP contribution < -0.4 is 10.6 Å². The van der Waals surface area contributed by atoms with E-state index in [1.807, 2.05) is 22.5 Å². The molecule has 1 amide bonds. The first-order valence-electron chi connectivity index (χ1n) is 5.56. The standard InChI is InChI=1S/C10H14N4OS/c15-10-9(11-2-3-12-10)7-6-8-14(13-7)4-1-5-16-8/h6,9,11H,1-5H2,(H,12,15). The second-order valence-corrected chi connectivity index (χ2v) is 5.13. The Morgan fingerprint density at radius 1 is 1.50 bits per heavy atom. The van der Waals surface area contributed by atoms with Crippen LogP contribution in [0.4, 0.5) is 0 Å². The number of aromatic nitrogens is 2. The van der Waals surface area contributed by atoms with Gasteiger partial charge in [0, 0.05) is 25.4 Å². The second-order valence-electron chi connectivity index (χ2n) is 4.01. The first kappa shape index (κ1) is 10.2. The Hall–Kier alpha value is -1.01. The topological polar surface area (TPSA) is 59.0 Å². The van der Waals surface area contributed by atoms with E-state index in [2.05, 4.69) is 15.7 Å². The summed E-state index contributed by atoms with van der Waals surface area (Å²) in [4.78, 5) is 11.7. The van der Waals surface area contributed by atoms with Gasteiger partial charge in [-0.05, 0) is 12.5 Å². The third-order valence-corrected chi connectivity index (χ3v) is 3.97. The highest BCUT2D eigenvalue weighted by atomic mass is 32.2. The molecule has 0 aromatic carbocycles. The number of nitrogens with one attached hydrogen (secondary N) is 2. The Balaban J connectivity index is 1.88. The van der Waals surface area contributed by atoms with Crippen molar-refractivity contribution in [2.45, 2.75) is 24.0 Å². The van der Waals surface area contributed by atoms with Crippen LogP contribution in [-0.2, 0) is 11.3 Å². The average Bonchev–Trinajstić information content (AvgIpc) is 2.73. The van der Waals surface area contributed by atoms with E-state index in [4.69, 9.17) is 0 Å². The summed E-state index contributed by atoms with van der Waals surface area (Å²) in [6, 6.07) is 1.76. The van der Waals surface area contributed by atoms with Crippen molar-refractivity contribution < 1.29 is 4.79 Å². The lowest BCUT2D eigenvalue weighted by atomic mass is 10.1. The van der Waals surface area contributed by atoms with Crippen molar-refractivity contribution in [1.82, 2.24) is 20.4 Å². The van der Waals surface area contributed by atoms with Gasteiger partial charge in [-0.2, -0.15) is 5.10 Å². The quantitative estimate of drug-likeness (QED) is 0.730. The minimum atomic E-state index is -0.271. The van der Waals surface area contributed by atoms with Gasteiger partial charge in [-0.25, -0.2) is 0 Å².